The zero-order valence-electron chi connectivity index (χ0n) is 9.65. The highest BCUT2D eigenvalue weighted by molar-refractivity contribution is 6.18. The molecule has 0 saturated heterocycles. The number of benzene rings is 1. The molecule has 90 valence electrons. The predicted octanol–water partition coefficient (Wildman–Crippen LogP) is 2.51. The third kappa shape index (κ3) is 2.80. The van der Waals surface area contributed by atoms with Crippen molar-refractivity contribution in [2.45, 2.75) is 20.0 Å². The molecule has 1 aromatic rings. The first-order valence-corrected chi connectivity index (χ1v) is 5.99. The number of aliphatic hydroxyl groups is 1. The van der Waals surface area contributed by atoms with Gasteiger partial charge < -0.3 is 15.1 Å². The van der Waals surface area contributed by atoms with Gasteiger partial charge in [-0.15, -0.1) is 11.6 Å². The maximum atomic E-state index is 9.79. The molecule has 0 aliphatic heterocycles. The van der Waals surface area contributed by atoms with Gasteiger partial charge in [-0.05, 0) is 19.9 Å². The molecule has 4 heteroatoms. The molecule has 0 aliphatic carbocycles. The molecule has 0 aromatic heterocycles. The third-order valence-electron chi connectivity index (χ3n) is 2.65. The van der Waals surface area contributed by atoms with Crippen LogP contribution in [0, 0.1) is 0 Å². The van der Waals surface area contributed by atoms with Crippen molar-refractivity contribution in [3.8, 4) is 5.75 Å². The topological polar surface area (TPSA) is 43.7 Å². The van der Waals surface area contributed by atoms with Gasteiger partial charge in [0.15, 0.2) is 0 Å². The van der Waals surface area contributed by atoms with E-state index in [2.05, 4.69) is 18.7 Å². The van der Waals surface area contributed by atoms with E-state index in [4.69, 9.17) is 11.6 Å². The van der Waals surface area contributed by atoms with E-state index in [9.17, 15) is 10.2 Å². The first-order chi connectivity index (χ1) is 7.63. The number of phenolic OH excluding ortho intramolecular Hbond substituents is 1. The first-order valence-electron chi connectivity index (χ1n) is 5.45. The number of hydrogen-bond donors (Lipinski definition) is 2. The van der Waals surface area contributed by atoms with Crippen molar-refractivity contribution < 1.29 is 10.2 Å². The van der Waals surface area contributed by atoms with Crippen molar-refractivity contribution in [3.63, 3.8) is 0 Å². The van der Waals surface area contributed by atoms with Crippen LogP contribution < -0.4 is 4.90 Å². The van der Waals surface area contributed by atoms with E-state index < -0.39 is 6.10 Å². The molecule has 16 heavy (non-hydrogen) atoms. The molecule has 0 amide bonds. The lowest BCUT2D eigenvalue weighted by Crippen LogP contribution is -2.21. The van der Waals surface area contributed by atoms with E-state index in [1.807, 2.05) is 6.07 Å². The number of hydrogen-bond acceptors (Lipinski definition) is 3. The Balaban J connectivity index is 2.98. The summed E-state index contributed by atoms with van der Waals surface area (Å²) in [7, 11) is 0. The second kappa shape index (κ2) is 5.97. The summed E-state index contributed by atoms with van der Waals surface area (Å²) in [6.45, 7) is 5.88. The summed E-state index contributed by atoms with van der Waals surface area (Å²) >= 11 is 5.54. The first kappa shape index (κ1) is 13.1. The van der Waals surface area contributed by atoms with Gasteiger partial charge >= 0.3 is 0 Å². The Labute approximate surface area is 101 Å². The quantitative estimate of drug-likeness (QED) is 0.781. The van der Waals surface area contributed by atoms with E-state index in [0.717, 1.165) is 18.8 Å². The normalized spacial score (nSPS) is 12.5. The van der Waals surface area contributed by atoms with Crippen molar-refractivity contribution in [1.29, 1.82) is 0 Å². The molecule has 0 aliphatic rings. The molecule has 2 N–H and O–H groups in total. The molecule has 0 fully saturated rings. The maximum absolute atomic E-state index is 9.79. The molecule has 0 saturated carbocycles. The molecule has 0 spiro atoms. The SMILES string of the molecule is CCN(CC)c1ccc(C(O)CCl)c(O)c1. The molecule has 1 rings (SSSR count). The second-order valence-corrected chi connectivity index (χ2v) is 3.89. The Morgan fingerprint density at radius 1 is 1.31 bits per heavy atom. The Hall–Kier alpha value is -0.930. The monoisotopic (exact) mass is 243 g/mol. The maximum Gasteiger partial charge on any atom is 0.123 e. The highest BCUT2D eigenvalue weighted by Crippen LogP contribution is 2.29. The van der Waals surface area contributed by atoms with Crippen LogP contribution in [-0.2, 0) is 0 Å². The number of nitrogens with zero attached hydrogens (tertiary/aromatic N) is 1. The van der Waals surface area contributed by atoms with Gasteiger partial charge in [0.2, 0.25) is 0 Å². The van der Waals surface area contributed by atoms with Gasteiger partial charge in [-0.25, -0.2) is 0 Å². The number of phenols is 1. The van der Waals surface area contributed by atoms with Crippen LogP contribution >= 0.6 is 11.6 Å². The van der Waals surface area contributed by atoms with Crippen LogP contribution in [0.1, 0.15) is 25.5 Å². The smallest absolute Gasteiger partial charge is 0.123 e. The third-order valence-corrected chi connectivity index (χ3v) is 2.94. The summed E-state index contributed by atoms with van der Waals surface area (Å²) in [5.74, 6) is 0.176. The minimum Gasteiger partial charge on any atom is -0.507 e. The highest BCUT2D eigenvalue weighted by atomic mass is 35.5. The molecule has 0 heterocycles. The van der Waals surface area contributed by atoms with Gasteiger partial charge in [0.05, 0.1) is 12.0 Å². The Kier molecular flexibility index (Phi) is 4.90. The lowest BCUT2D eigenvalue weighted by atomic mass is 10.1. The average molecular weight is 244 g/mol. The molecule has 1 unspecified atom stereocenters. The Bertz CT molecular complexity index is 340. The van der Waals surface area contributed by atoms with E-state index in [1.165, 1.54) is 0 Å². The minimum absolute atomic E-state index is 0.0815. The molecule has 0 radical (unpaired) electrons. The fraction of sp³-hybridized carbons (Fsp3) is 0.500. The van der Waals surface area contributed by atoms with Crippen LogP contribution in [0.4, 0.5) is 5.69 Å². The number of anilines is 1. The van der Waals surface area contributed by atoms with Gasteiger partial charge in [0.1, 0.15) is 5.75 Å². The standard InChI is InChI=1S/C12H18ClNO2/c1-3-14(4-2)9-5-6-10(11(15)7-9)12(16)8-13/h5-7,12,15-16H,3-4,8H2,1-2H3. The Morgan fingerprint density at radius 3 is 2.38 bits per heavy atom. The summed E-state index contributed by atoms with van der Waals surface area (Å²) in [6, 6.07) is 5.27. The summed E-state index contributed by atoms with van der Waals surface area (Å²) in [5, 5.41) is 19.3. The molecular weight excluding hydrogens is 226 g/mol. The highest BCUT2D eigenvalue weighted by Gasteiger charge is 2.12. The number of halogens is 1. The van der Waals surface area contributed by atoms with Crippen LogP contribution in [0.5, 0.6) is 5.75 Å². The average Bonchev–Trinajstić information content (AvgIpc) is 2.30. The van der Waals surface area contributed by atoms with Crippen molar-refractivity contribution in [2.75, 3.05) is 23.9 Å². The fourth-order valence-electron chi connectivity index (χ4n) is 1.68. The zero-order chi connectivity index (χ0) is 12.1. The van der Waals surface area contributed by atoms with E-state index in [0.29, 0.717) is 5.56 Å². The van der Waals surface area contributed by atoms with Gasteiger partial charge in [-0.3, -0.25) is 0 Å². The number of aromatic hydroxyl groups is 1. The number of rotatable bonds is 5. The van der Waals surface area contributed by atoms with Crippen LogP contribution in [0.15, 0.2) is 18.2 Å². The summed E-state index contributed by atoms with van der Waals surface area (Å²) in [6.07, 6.45) is -0.813. The molecule has 1 aromatic carbocycles. The summed E-state index contributed by atoms with van der Waals surface area (Å²) in [5.41, 5.74) is 1.43. The molecule has 3 nitrogen and oxygen atoms in total. The second-order valence-electron chi connectivity index (χ2n) is 3.59. The van der Waals surface area contributed by atoms with Crippen LogP contribution in [0.25, 0.3) is 0 Å². The van der Waals surface area contributed by atoms with Crippen molar-refractivity contribution >= 4 is 17.3 Å². The lowest BCUT2D eigenvalue weighted by molar-refractivity contribution is 0.198. The van der Waals surface area contributed by atoms with Crippen molar-refractivity contribution in [2.24, 2.45) is 0 Å². The largest absolute Gasteiger partial charge is 0.507 e. The summed E-state index contributed by atoms with van der Waals surface area (Å²) in [4.78, 5) is 2.12. The van der Waals surface area contributed by atoms with Crippen LogP contribution in [0.3, 0.4) is 0 Å². The van der Waals surface area contributed by atoms with Crippen molar-refractivity contribution in [3.05, 3.63) is 23.8 Å². The van der Waals surface area contributed by atoms with Gasteiger partial charge in [0, 0.05) is 30.4 Å². The molecular formula is C12H18ClNO2. The van der Waals surface area contributed by atoms with Gasteiger partial charge in [-0.2, -0.15) is 0 Å². The van der Waals surface area contributed by atoms with Crippen molar-refractivity contribution in [1.82, 2.24) is 0 Å². The predicted molar refractivity (Wildman–Crippen MR) is 67.3 cm³/mol. The van der Waals surface area contributed by atoms with Crippen LogP contribution in [0.2, 0.25) is 0 Å². The Morgan fingerprint density at radius 2 is 1.94 bits per heavy atom. The lowest BCUT2D eigenvalue weighted by Gasteiger charge is -2.22. The van der Waals surface area contributed by atoms with Gasteiger partial charge in [-0.1, -0.05) is 6.07 Å². The van der Waals surface area contributed by atoms with Crippen LogP contribution in [-0.4, -0.2) is 29.2 Å². The molecule has 0 bridgehead atoms. The van der Waals surface area contributed by atoms with Gasteiger partial charge in [0.25, 0.3) is 0 Å². The minimum atomic E-state index is -0.813. The number of aliphatic hydroxyl groups excluding tert-OH is 1. The number of alkyl halides is 1. The zero-order valence-corrected chi connectivity index (χ0v) is 10.4. The fourth-order valence-corrected chi connectivity index (χ4v) is 1.85. The van der Waals surface area contributed by atoms with E-state index >= 15 is 0 Å². The molecule has 1 atom stereocenters. The van der Waals surface area contributed by atoms with E-state index in [-0.39, 0.29) is 11.6 Å². The summed E-state index contributed by atoms with van der Waals surface area (Å²) < 4.78 is 0. The van der Waals surface area contributed by atoms with E-state index in [1.54, 1.807) is 12.1 Å².